The second-order valence-corrected chi connectivity index (χ2v) is 9.75. The minimum absolute atomic E-state index is 0.0894. The van der Waals surface area contributed by atoms with Gasteiger partial charge in [0.05, 0.1) is 22.0 Å². The zero-order chi connectivity index (χ0) is 24.6. The standard InChI is InChI=1S/C25H24ClF4N5/c26-20-4-3-17(27)12-18(20)21-5-6-23(34-33-21)32-14-16-13-24(16)7-10-35(11-8-24)15-22-19(25(28,29)30)2-1-9-31-22/h1-6,9,12,16H,7-8,10-11,13-15H2,(H,32,34). The summed E-state index contributed by atoms with van der Waals surface area (Å²) >= 11 is 6.14. The smallest absolute Gasteiger partial charge is 0.368 e. The van der Waals surface area contributed by atoms with E-state index in [0.717, 1.165) is 45.0 Å². The number of hydrogen-bond donors (Lipinski definition) is 1. The zero-order valence-electron chi connectivity index (χ0n) is 18.8. The van der Waals surface area contributed by atoms with Gasteiger partial charge in [-0.2, -0.15) is 13.2 Å². The van der Waals surface area contributed by atoms with Crippen LogP contribution >= 0.6 is 11.6 Å². The Bertz CT molecular complexity index is 1190. The van der Waals surface area contributed by atoms with Gasteiger partial charge >= 0.3 is 6.18 Å². The van der Waals surface area contributed by atoms with Crippen molar-refractivity contribution in [3.8, 4) is 11.3 Å². The first-order valence-electron chi connectivity index (χ1n) is 11.5. The molecule has 0 radical (unpaired) electrons. The van der Waals surface area contributed by atoms with Crippen LogP contribution in [0.5, 0.6) is 0 Å². The molecule has 3 heterocycles. The lowest BCUT2D eigenvalue weighted by Crippen LogP contribution is -2.36. The predicted molar refractivity (Wildman–Crippen MR) is 125 cm³/mol. The van der Waals surface area contributed by atoms with Crippen LogP contribution in [0.2, 0.25) is 5.02 Å². The topological polar surface area (TPSA) is 53.9 Å². The second-order valence-electron chi connectivity index (χ2n) is 9.34. The van der Waals surface area contributed by atoms with Crippen molar-refractivity contribution in [1.82, 2.24) is 20.1 Å². The van der Waals surface area contributed by atoms with Crippen LogP contribution < -0.4 is 5.32 Å². The molecule has 1 unspecified atom stereocenters. The second kappa shape index (κ2) is 9.35. The number of alkyl halides is 3. The summed E-state index contributed by atoms with van der Waals surface area (Å²) in [6, 6.07) is 10.1. The van der Waals surface area contributed by atoms with Crippen LogP contribution in [0.1, 0.15) is 30.5 Å². The number of hydrogen-bond acceptors (Lipinski definition) is 5. The van der Waals surface area contributed by atoms with Gasteiger partial charge in [-0.05, 0) is 86.1 Å². The lowest BCUT2D eigenvalue weighted by molar-refractivity contribution is -0.138. The fourth-order valence-corrected chi connectivity index (χ4v) is 5.23. The largest absolute Gasteiger partial charge is 0.418 e. The summed E-state index contributed by atoms with van der Waals surface area (Å²) in [4.78, 5) is 6.06. The van der Waals surface area contributed by atoms with Crippen molar-refractivity contribution in [2.24, 2.45) is 11.3 Å². The van der Waals surface area contributed by atoms with Crippen molar-refractivity contribution in [3.63, 3.8) is 0 Å². The van der Waals surface area contributed by atoms with Crippen LogP contribution in [0.3, 0.4) is 0 Å². The third-order valence-corrected chi connectivity index (χ3v) is 7.51. The molecule has 35 heavy (non-hydrogen) atoms. The van der Waals surface area contributed by atoms with E-state index in [-0.39, 0.29) is 23.5 Å². The highest BCUT2D eigenvalue weighted by Crippen LogP contribution is 2.59. The van der Waals surface area contributed by atoms with Gasteiger partial charge in [0.25, 0.3) is 0 Å². The van der Waals surface area contributed by atoms with Gasteiger partial charge in [0, 0.05) is 24.8 Å². The molecular weight excluding hydrogens is 482 g/mol. The number of halogens is 5. The molecule has 2 aliphatic rings. The summed E-state index contributed by atoms with van der Waals surface area (Å²) in [6.45, 7) is 2.49. The monoisotopic (exact) mass is 505 g/mol. The van der Waals surface area contributed by atoms with E-state index < -0.39 is 11.7 Å². The van der Waals surface area contributed by atoms with E-state index in [1.165, 1.54) is 30.5 Å². The molecule has 1 N–H and O–H groups in total. The van der Waals surface area contributed by atoms with Crippen LogP contribution in [0.25, 0.3) is 11.3 Å². The Kier molecular flexibility index (Phi) is 6.40. The third-order valence-electron chi connectivity index (χ3n) is 7.18. The lowest BCUT2D eigenvalue weighted by Gasteiger charge is -2.33. The average Bonchev–Trinajstić information content (AvgIpc) is 3.52. The number of piperidine rings is 1. The molecule has 5 nitrogen and oxygen atoms in total. The highest BCUT2D eigenvalue weighted by molar-refractivity contribution is 6.33. The Morgan fingerprint density at radius 3 is 2.60 bits per heavy atom. The van der Waals surface area contributed by atoms with E-state index in [1.54, 1.807) is 12.1 Å². The number of anilines is 1. The number of likely N-dealkylation sites (tertiary alicyclic amines) is 1. The minimum Gasteiger partial charge on any atom is -0.368 e. The molecule has 10 heteroatoms. The molecule has 1 aliphatic heterocycles. The normalized spacial score (nSPS) is 19.6. The molecule has 1 aromatic carbocycles. The van der Waals surface area contributed by atoms with Gasteiger partial charge < -0.3 is 5.32 Å². The van der Waals surface area contributed by atoms with Crippen LogP contribution in [-0.2, 0) is 12.7 Å². The van der Waals surface area contributed by atoms with Crippen molar-refractivity contribution < 1.29 is 17.6 Å². The maximum absolute atomic E-state index is 13.5. The van der Waals surface area contributed by atoms with E-state index in [0.29, 0.717) is 28.0 Å². The van der Waals surface area contributed by atoms with Gasteiger partial charge in [-0.3, -0.25) is 9.88 Å². The first-order valence-corrected chi connectivity index (χ1v) is 11.9. The van der Waals surface area contributed by atoms with E-state index in [2.05, 4.69) is 25.4 Å². The molecule has 0 bridgehead atoms. The van der Waals surface area contributed by atoms with Crippen molar-refractivity contribution in [1.29, 1.82) is 0 Å². The molecule has 2 fully saturated rings. The number of nitrogens with one attached hydrogen (secondary N) is 1. The van der Waals surface area contributed by atoms with Crippen LogP contribution in [-0.4, -0.2) is 39.7 Å². The van der Waals surface area contributed by atoms with Gasteiger partial charge in [0.2, 0.25) is 0 Å². The number of aromatic nitrogens is 3. The number of rotatable bonds is 6. The Morgan fingerprint density at radius 1 is 1.09 bits per heavy atom. The molecule has 3 aromatic rings. The van der Waals surface area contributed by atoms with E-state index in [9.17, 15) is 17.6 Å². The van der Waals surface area contributed by atoms with Gasteiger partial charge in [0.1, 0.15) is 11.6 Å². The zero-order valence-corrected chi connectivity index (χ0v) is 19.6. The predicted octanol–water partition coefficient (Wildman–Crippen LogP) is 6.06. The molecule has 1 aliphatic carbocycles. The van der Waals surface area contributed by atoms with Crippen molar-refractivity contribution >= 4 is 17.4 Å². The summed E-state index contributed by atoms with van der Waals surface area (Å²) in [7, 11) is 0. The van der Waals surface area contributed by atoms with Gasteiger partial charge in [-0.1, -0.05) is 11.6 Å². The molecule has 0 amide bonds. The van der Waals surface area contributed by atoms with Gasteiger partial charge in [0.15, 0.2) is 0 Å². The Morgan fingerprint density at radius 2 is 1.89 bits per heavy atom. The molecular formula is C25H24ClF4N5. The first-order chi connectivity index (χ1) is 16.7. The highest BCUT2D eigenvalue weighted by atomic mass is 35.5. The summed E-state index contributed by atoms with van der Waals surface area (Å²) in [6.07, 6.45) is 0.0291. The quantitative estimate of drug-likeness (QED) is 0.412. The number of nitrogens with zero attached hydrogens (tertiary/aromatic N) is 4. The molecule has 5 rings (SSSR count). The van der Waals surface area contributed by atoms with Gasteiger partial charge in [-0.25, -0.2) is 4.39 Å². The molecule has 1 spiro atoms. The molecule has 1 atom stereocenters. The summed E-state index contributed by atoms with van der Waals surface area (Å²) < 4.78 is 53.3. The highest BCUT2D eigenvalue weighted by Gasteiger charge is 2.54. The third kappa shape index (κ3) is 5.26. The maximum Gasteiger partial charge on any atom is 0.418 e. The first kappa shape index (κ1) is 23.9. The SMILES string of the molecule is Fc1ccc(Cl)c(-c2ccc(NCC3CC34CCN(Cc3ncccc3C(F)(F)F)CC4)nn2)c1. The van der Waals surface area contributed by atoms with Crippen molar-refractivity contribution in [2.75, 3.05) is 25.0 Å². The fraction of sp³-hybridized carbons (Fsp3) is 0.400. The van der Waals surface area contributed by atoms with E-state index >= 15 is 0 Å². The maximum atomic E-state index is 13.5. The lowest BCUT2D eigenvalue weighted by atomic mass is 9.90. The molecule has 184 valence electrons. The average molecular weight is 506 g/mol. The summed E-state index contributed by atoms with van der Waals surface area (Å²) in [5.74, 6) is 0.735. The van der Waals surface area contributed by atoms with E-state index in [4.69, 9.17) is 11.6 Å². The fourth-order valence-electron chi connectivity index (χ4n) is 5.01. The van der Waals surface area contributed by atoms with Crippen LogP contribution in [0.4, 0.5) is 23.4 Å². The van der Waals surface area contributed by atoms with Crippen LogP contribution in [0.15, 0.2) is 48.7 Å². The Balaban J connectivity index is 1.12. The van der Waals surface area contributed by atoms with Crippen molar-refractivity contribution in [2.45, 2.75) is 32.0 Å². The Labute approximate surface area is 205 Å². The van der Waals surface area contributed by atoms with E-state index in [1.807, 2.05) is 0 Å². The molecule has 1 saturated heterocycles. The summed E-state index contributed by atoms with van der Waals surface area (Å²) in [5, 5.41) is 12.1. The summed E-state index contributed by atoms with van der Waals surface area (Å²) in [5.41, 5.74) is 0.666. The van der Waals surface area contributed by atoms with Crippen LogP contribution in [0, 0.1) is 17.2 Å². The van der Waals surface area contributed by atoms with Crippen molar-refractivity contribution in [3.05, 3.63) is 70.8 Å². The minimum atomic E-state index is -4.39. The number of pyridine rings is 1. The van der Waals surface area contributed by atoms with Gasteiger partial charge in [-0.15, -0.1) is 10.2 Å². The number of benzene rings is 1. The molecule has 2 aromatic heterocycles. The Hall–Kier alpha value is -2.78. The molecule has 1 saturated carbocycles.